The Bertz CT molecular complexity index is 2360. The van der Waals surface area contributed by atoms with E-state index in [1.54, 1.807) is 0 Å². The van der Waals surface area contributed by atoms with Crippen LogP contribution in [0.5, 0.6) is 34.5 Å². The van der Waals surface area contributed by atoms with Gasteiger partial charge < -0.3 is 24.0 Å². The van der Waals surface area contributed by atoms with E-state index >= 15 is 0 Å². The molecule has 0 aromatic heterocycles. The van der Waals surface area contributed by atoms with Crippen molar-refractivity contribution in [1.29, 1.82) is 0 Å². The van der Waals surface area contributed by atoms with Gasteiger partial charge in [-0.05, 0) is 87.7 Å². The molecule has 0 radical (unpaired) electrons. The van der Waals surface area contributed by atoms with Crippen LogP contribution < -0.4 is 40.4 Å². The highest BCUT2D eigenvalue weighted by Crippen LogP contribution is 2.59. The Morgan fingerprint density at radius 3 is 1.30 bits per heavy atom. The molecular weight excluding hydrogens is 543 g/mol. The quantitative estimate of drug-likeness (QED) is 0.174. The number of benzene rings is 7. The van der Waals surface area contributed by atoms with Crippen LogP contribution in [-0.4, -0.2) is 6.71 Å². The molecule has 7 aromatic carbocycles. The molecule has 0 atom stereocenters. The Kier molecular flexibility index (Phi) is 3.55. The van der Waals surface area contributed by atoms with E-state index < -0.39 is 0 Å². The molecule has 0 bridgehead atoms. The van der Waals surface area contributed by atoms with Gasteiger partial charge in [-0.25, -0.2) is 0 Å². The van der Waals surface area contributed by atoms with Crippen LogP contribution in [0.4, 0.5) is 34.1 Å². The van der Waals surface area contributed by atoms with Gasteiger partial charge in [0.2, 0.25) is 0 Å². The minimum atomic E-state index is -0.0198. The third-order valence-electron chi connectivity index (χ3n) is 9.93. The van der Waals surface area contributed by atoms with Crippen molar-refractivity contribution in [2.45, 2.75) is 0 Å². The summed E-state index contributed by atoms with van der Waals surface area (Å²) in [7, 11) is 0. The summed E-state index contributed by atoms with van der Waals surface area (Å²) in [5.41, 5.74) is 10.1. The first-order valence-electron chi connectivity index (χ1n) is 15.0. The third-order valence-corrected chi connectivity index (χ3v) is 9.93. The predicted molar refractivity (Wildman–Crippen MR) is 176 cm³/mol. The molecule has 12 rings (SSSR count). The van der Waals surface area contributed by atoms with Gasteiger partial charge in [0, 0.05) is 22.3 Å². The van der Waals surface area contributed by atoms with Crippen molar-refractivity contribution in [2.24, 2.45) is 0 Å². The molecule has 202 valence electrons. The topological polar surface area (TPSA) is 34.2 Å². The Labute approximate surface area is 252 Å². The van der Waals surface area contributed by atoms with E-state index in [-0.39, 0.29) is 6.71 Å². The Morgan fingerprint density at radius 1 is 0.364 bits per heavy atom. The zero-order valence-corrected chi connectivity index (χ0v) is 23.2. The summed E-state index contributed by atoms with van der Waals surface area (Å²) >= 11 is 0. The minimum Gasteiger partial charge on any atom is -0.458 e. The summed E-state index contributed by atoms with van der Waals surface area (Å²) in [6.45, 7) is -0.0198. The fourth-order valence-electron chi connectivity index (χ4n) is 8.19. The summed E-state index contributed by atoms with van der Waals surface area (Å²) in [4.78, 5) is 4.81. The van der Waals surface area contributed by atoms with Gasteiger partial charge in [-0.3, -0.25) is 0 Å². The fraction of sp³-hybridized carbons (Fsp3) is 0. The molecule has 5 heterocycles. The van der Waals surface area contributed by atoms with Gasteiger partial charge in [-0.2, -0.15) is 0 Å². The lowest BCUT2D eigenvalue weighted by Gasteiger charge is -2.49. The molecule has 0 N–H and O–H groups in total. The maximum Gasteiger partial charge on any atom is 0.262 e. The molecule has 7 aromatic rings. The lowest BCUT2D eigenvalue weighted by molar-refractivity contribution is 0.463. The van der Waals surface area contributed by atoms with Crippen molar-refractivity contribution >= 4 is 78.8 Å². The average Bonchev–Trinajstić information content (AvgIpc) is 3.07. The first-order valence-corrected chi connectivity index (χ1v) is 15.0. The Hall–Kier alpha value is -5.88. The van der Waals surface area contributed by atoms with E-state index in [0.717, 1.165) is 90.3 Å². The van der Waals surface area contributed by atoms with Crippen LogP contribution >= 0.6 is 0 Å². The highest BCUT2D eigenvalue weighted by Gasteiger charge is 2.52. The van der Waals surface area contributed by atoms with Crippen molar-refractivity contribution in [3.05, 3.63) is 115 Å². The molecule has 0 aliphatic carbocycles. The highest BCUT2D eigenvalue weighted by molar-refractivity contribution is 7.01. The molecule has 0 amide bonds. The number of hydrogen-bond acceptors (Lipinski definition) is 5. The van der Waals surface area contributed by atoms with Gasteiger partial charge in [0.05, 0.1) is 22.7 Å². The summed E-state index contributed by atoms with van der Waals surface area (Å²) in [6.07, 6.45) is 0. The number of fused-ring (bicyclic) bond motifs is 8. The lowest BCUT2D eigenvalue weighted by atomic mass is 9.32. The van der Waals surface area contributed by atoms with Crippen LogP contribution in [-0.2, 0) is 0 Å². The lowest BCUT2D eigenvalue weighted by Crippen LogP contribution is -2.63. The molecular formula is C38H19BN2O3. The highest BCUT2D eigenvalue weighted by atomic mass is 16.5. The molecule has 0 saturated carbocycles. The van der Waals surface area contributed by atoms with E-state index in [1.807, 2.05) is 0 Å². The first-order chi connectivity index (χ1) is 21.8. The monoisotopic (exact) mass is 562 g/mol. The van der Waals surface area contributed by atoms with E-state index in [1.165, 1.54) is 16.2 Å². The van der Waals surface area contributed by atoms with Gasteiger partial charge in [0.15, 0.2) is 23.0 Å². The summed E-state index contributed by atoms with van der Waals surface area (Å²) in [6, 6.07) is 40.7. The van der Waals surface area contributed by atoms with Crippen molar-refractivity contribution in [2.75, 3.05) is 9.80 Å². The number of anilines is 6. The molecule has 44 heavy (non-hydrogen) atoms. The van der Waals surface area contributed by atoms with E-state index in [9.17, 15) is 0 Å². The fourth-order valence-corrected chi connectivity index (χ4v) is 8.19. The molecule has 0 fully saturated rings. The van der Waals surface area contributed by atoms with Gasteiger partial charge >= 0.3 is 0 Å². The molecule has 0 spiro atoms. The second-order valence-electron chi connectivity index (χ2n) is 12.1. The molecule has 5 nitrogen and oxygen atoms in total. The number of hydrogen-bond donors (Lipinski definition) is 0. The second-order valence-corrected chi connectivity index (χ2v) is 12.1. The maximum atomic E-state index is 6.75. The maximum absolute atomic E-state index is 6.75. The predicted octanol–water partition coefficient (Wildman–Crippen LogP) is 8.39. The van der Waals surface area contributed by atoms with Crippen LogP contribution in [0.2, 0.25) is 0 Å². The standard InChI is InChI=1S/C38H19BN2O3/c1-3-8-22-18-32-26(16-20(22)6-1)40-24-10-5-11-25-34(24)39-35-28(12-14-30(43-32)37(35)40)42-29-13-15-31-38(36(29)39)41(25)27-17-21-7-2-4-9-23(21)19-33(27)44-31/h1-19H. The number of nitrogens with zero attached hydrogens (tertiary/aromatic N) is 2. The second kappa shape index (κ2) is 7.18. The SMILES string of the molecule is c1cc2c3c(c1)N1c4cc5ccccc5cc4Oc4ccc5c(c41)B3c1c(ccc3c1N2c1cc2ccccc2cc1O3)O5. The van der Waals surface area contributed by atoms with Crippen molar-refractivity contribution < 1.29 is 14.2 Å². The van der Waals surface area contributed by atoms with Crippen molar-refractivity contribution in [3.63, 3.8) is 0 Å². The van der Waals surface area contributed by atoms with Gasteiger partial charge in [0.25, 0.3) is 6.71 Å². The van der Waals surface area contributed by atoms with Gasteiger partial charge in [-0.1, -0.05) is 54.6 Å². The summed E-state index contributed by atoms with van der Waals surface area (Å²) in [5, 5.41) is 4.67. The van der Waals surface area contributed by atoms with Crippen LogP contribution in [0, 0.1) is 0 Å². The van der Waals surface area contributed by atoms with Crippen molar-refractivity contribution in [3.8, 4) is 34.5 Å². The average molecular weight is 562 g/mol. The first kappa shape index (κ1) is 21.8. The molecule has 0 unspecified atom stereocenters. The molecule has 5 aliphatic heterocycles. The van der Waals surface area contributed by atoms with Gasteiger partial charge in [-0.15, -0.1) is 0 Å². The largest absolute Gasteiger partial charge is 0.458 e. The van der Waals surface area contributed by atoms with E-state index in [2.05, 4.69) is 125 Å². The third kappa shape index (κ3) is 2.41. The summed E-state index contributed by atoms with van der Waals surface area (Å²) in [5.74, 6) is 5.13. The van der Waals surface area contributed by atoms with E-state index in [4.69, 9.17) is 14.2 Å². The molecule has 6 heteroatoms. The number of ether oxygens (including phenoxy) is 3. The minimum absolute atomic E-state index is 0.0198. The Balaban J connectivity index is 1.21. The normalized spacial score (nSPS) is 14.8. The summed E-state index contributed by atoms with van der Waals surface area (Å²) < 4.78 is 20.1. The van der Waals surface area contributed by atoms with E-state index in [0.29, 0.717) is 0 Å². The molecule has 0 saturated heterocycles. The van der Waals surface area contributed by atoms with Crippen LogP contribution in [0.15, 0.2) is 115 Å². The zero-order chi connectivity index (χ0) is 28.3. The zero-order valence-electron chi connectivity index (χ0n) is 23.2. The van der Waals surface area contributed by atoms with Crippen LogP contribution in [0.25, 0.3) is 21.5 Å². The van der Waals surface area contributed by atoms with Crippen molar-refractivity contribution in [1.82, 2.24) is 0 Å². The number of rotatable bonds is 0. The Morgan fingerprint density at radius 2 is 0.795 bits per heavy atom. The van der Waals surface area contributed by atoms with Crippen LogP contribution in [0.3, 0.4) is 0 Å². The van der Waals surface area contributed by atoms with Crippen LogP contribution in [0.1, 0.15) is 0 Å². The van der Waals surface area contributed by atoms with Gasteiger partial charge in [0.1, 0.15) is 11.5 Å². The smallest absolute Gasteiger partial charge is 0.262 e. The molecule has 5 aliphatic rings.